The van der Waals surface area contributed by atoms with E-state index in [-0.39, 0.29) is 12.0 Å². The van der Waals surface area contributed by atoms with E-state index >= 15 is 0 Å². The number of halogens is 6. The smallest absolute Gasteiger partial charge is 0.344 e. The van der Waals surface area contributed by atoms with Crippen LogP contribution in [0.4, 0.5) is 26.3 Å². The molecule has 0 N–H and O–H groups in total. The fourth-order valence-corrected chi connectivity index (χ4v) is 3.56. The summed E-state index contributed by atoms with van der Waals surface area (Å²) in [5.74, 6) is -14.7. The number of carbonyl (C=O) groups excluding carboxylic acids is 1. The summed E-state index contributed by atoms with van der Waals surface area (Å²) in [5.41, 5.74) is 1.54. The molecule has 0 aliphatic heterocycles. The molecule has 0 atom stereocenters. The minimum atomic E-state index is -2.36. The molecule has 190 valence electrons. The second-order valence-electron chi connectivity index (χ2n) is 7.99. The van der Waals surface area contributed by atoms with Crippen molar-refractivity contribution >= 4 is 12.0 Å². The number of allylic oxidation sites excluding steroid dienone is 1. The predicted molar refractivity (Wildman–Crippen MR) is 123 cm³/mol. The van der Waals surface area contributed by atoms with Gasteiger partial charge in [0, 0.05) is 18.9 Å². The van der Waals surface area contributed by atoms with Crippen LogP contribution in [-0.2, 0) is 19.4 Å². The maximum atomic E-state index is 14.1. The van der Waals surface area contributed by atoms with Gasteiger partial charge in [0.2, 0.25) is 34.8 Å². The lowest BCUT2D eigenvalue weighted by molar-refractivity contribution is 0.0714. The Hall–Kier alpha value is -4.34. The molecule has 0 saturated heterocycles. The fourth-order valence-electron chi connectivity index (χ4n) is 3.56. The highest BCUT2D eigenvalue weighted by molar-refractivity contribution is 5.93. The largest absolute Gasteiger partial charge is 0.416 e. The summed E-state index contributed by atoms with van der Waals surface area (Å²) in [4.78, 5) is 16.9. The second kappa shape index (κ2) is 11.2. The van der Waals surface area contributed by atoms with E-state index in [0.717, 1.165) is 5.56 Å². The molecule has 1 heterocycles. The quantitative estimate of drug-likeness (QED) is 0.0891. The van der Waals surface area contributed by atoms with Crippen molar-refractivity contribution < 1.29 is 35.9 Å². The third-order valence-electron chi connectivity index (χ3n) is 5.50. The summed E-state index contributed by atoms with van der Waals surface area (Å²) in [6.07, 6.45) is 9.03. The van der Waals surface area contributed by atoms with Crippen LogP contribution in [0.2, 0.25) is 0 Å². The standard InChI is InChI=1S/C27H18F6N2O2/c28-19-9-5-16(6-10-19)3-7-18-8-4-17(2-1-12-35-13-11-34-15-35)14-20(18)27(36)37-26-24(32)22(30)21(29)23(31)25(26)33/h1-2,4-6,8-11,13-15H,3,7,12H2/b2-1-. The van der Waals surface area contributed by atoms with Gasteiger partial charge in [0.05, 0.1) is 11.9 Å². The molecule has 0 unspecified atom stereocenters. The molecule has 0 spiro atoms. The highest BCUT2D eigenvalue weighted by atomic mass is 19.2. The number of aromatic nitrogens is 2. The summed E-state index contributed by atoms with van der Waals surface area (Å²) in [6.45, 7) is 0.469. The number of ether oxygens (including phenoxy) is 1. The third kappa shape index (κ3) is 5.91. The van der Waals surface area contributed by atoms with E-state index in [2.05, 4.69) is 9.72 Å². The summed E-state index contributed by atoms with van der Waals surface area (Å²) >= 11 is 0. The molecule has 4 aromatic rings. The van der Waals surface area contributed by atoms with Crippen LogP contribution in [0.3, 0.4) is 0 Å². The van der Waals surface area contributed by atoms with Crippen molar-refractivity contribution in [3.63, 3.8) is 0 Å². The number of aryl methyl sites for hydroxylation is 2. The van der Waals surface area contributed by atoms with Crippen molar-refractivity contribution in [2.75, 3.05) is 0 Å². The van der Waals surface area contributed by atoms with Crippen molar-refractivity contribution in [2.45, 2.75) is 19.4 Å². The number of imidazole rings is 1. The Morgan fingerprint density at radius 2 is 1.54 bits per heavy atom. The average molecular weight is 516 g/mol. The average Bonchev–Trinajstić information content (AvgIpc) is 3.42. The van der Waals surface area contributed by atoms with E-state index in [1.54, 1.807) is 59.7 Å². The van der Waals surface area contributed by atoms with E-state index < -0.39 is 46.6 Å². The first-order valence-corrected chi connectivity index (χ1v) is 11.0. The lowest BCUT2D eigenvalue weighted by Gasteiger charge is -2.13. The van der Waals surface area contributed by atoms with Gasteiger partial charge in [0.1, 0.15) is 5.82 Å². The Morgan fingerprint density at radius 1 is 0.865 bits per heavy atom. The molecule has 1 aromatic heterocycles. The van der Waals surface area contributed by atoms with Gasteiger partial charge in [-0.25, -0.2) is 27.3 Å². The topological polar surface area (TPSA) is 44.1 Å². The number of carbonyl (C=O) groups is 1. The van der Waals surface area contributed by atoms with Crippen molar-refractivity contribution in [2.24, 2.45) is 0 Å². The SMILES string of the molecule is O=C(Oc1c(F)c(F)c(F)c(F)c1F)c1cc(/C=C\Cn2ccnc2)ccc1CCc1ccc(F)cc1. The summed E-state index contributed by atoms with van der Waals surface area (Å²) in [5, 5.41) is 0. The normalized spacial score (nSPS) is 11.3. The number of benzene rings is 3. The monoisotopic (exact) mass is 516 g/mol. The van der Waals surface area contributed by atoms with Gasteiger partial charge in [0.15, 0.2) is 0 Å². The van der Waals surface area contributed by atoms with Crippen LogP contribution in [0, 0.1) is 34.9 Å². The minimum absolute atomic E-state index is 0.129. The van der Waals surface area contributed by atoms with E-state index in [4.69, 9.17) is 0 Å². The number of hydrogen-bond donors (Lipinski definition) is 0. The molecule has 3 aromatic carbocycles. The van der Waals surface area contributed by atoms with Crippen LogP contribution >= 0.6 is 0 Å². The molecule has 0 aliphatic carbocycles. The van der Waals surface area contributed by atoms with E-state index in [9.17, 15) is 31.1 Å². The molecule has 4 nitrogen and oxygen atoms in total. The molecule has 10 heteroatoms. The van der Waals surface area contributed by atoms with Gasteiger partial charge in [-0.15, -0.1) is 0 Å². The molecule has 4 rings (SSSR count). The van der Waals surface area contributed by atoms with E-state index in [1.807, 2.05) is 0 Å². The summed E-state index contributed by atoms with van der Waals surface area (Å²) in [6, 6.07) is 10.4. The number of rotatable bonds is 8. The minimum Gasteiger partial charge on any atom is -0.416 e. The molecule has 0 amide bonds. The van der Waals surface area contributed by atoms with Gasteiger partial charge in [-0.05, 0) is 47.7 Å². The van der Waals surface area contributed by atoms with Gasteiger partial charge in [0.25, 0.3) is 0 Å². The van der Waals surface area contributed by atoms with Crippen LogP contribution in [0.1, 0.15) is 27.0 Å². The number of hydrogen-bond acceptors (Lipinski definition) is 3. The van der Waals surface area contributed by atoms with Crippen LogP contribution in [0.25, 0.3) is 6.08 Å². The van der Waals surface area contributed by atoms with Crippen molar-refractivity contribution in [3.8, 4) is 5.75 Å². The van der Waals surface area contributed by atoms with Gasteiger partial charge in [-0.3, -0.25) is 0 Å². The van der Waals surface area contributed by atoms with Crippen LogP contribution in [0.15, 0.2) is 67.3 Å². The summed E-state index contributed by atoms with van der Waals surface area (Å²) < 4.78 is 88.5. The molecule has 0 radical (unpaired) electrons. The van der Waals surface area contributed by atoms with Gasteiger partial charge in [-0.1, -0.05) is 36.4 Å². The zero-order chi connectivity index (χ0) is 26.5. The Balaban J connectivity index is 1.64. The van der Waals surface area contributed by atoms with Crippen molar-refractivity contribution in [1.29, 1.82) is 0 Å². The van der Waals surface area contributed by atoms with Gasteiger partial charge in [-0.2, -0.15) is 8.78 Å². The van der Waals surface area contributed by atoms with Crippen LogP contribution in [0.5, 0.6) is 5.75 Å². The fraction of sp³-hybridized carbons (Fsp3) is 0.111. The molecule has 37 heavy (non-hydrogen) atoms. The Morgan fingerprint density at radius 3 is 2.19 bits per heavy atom. The van der Waals surface area contributed by atoms with E-state index in [1.165, 1.54) is 18.2 Å². The van der Waals surface area contributed by atoms with Crippen molar-refractivity contribution in [3.05, 3.63) is 124 Å². The molecule has 0 bridgehead atoms. The lowest BCUT2D eigenvalue weighted by Crippen LogP contribution is -2.16. The Bertz CT molecular complexity index is 1420. The highest BCUT2D eigenvalue weighted by Gasteiger charge is 2.29. The number of nitrogens with zero attached hydrogens (tertiary/aromatic N) is 2. The maximum absolute atomic E-state index is 14.1. The first kappa shape index (κ1) is 25.7. The van der Waals surface area contributed by atoms with Crippen molar-refractivity contribution in [1.82, 2.24) is 9.55 Å². The number of esters is 1. The Labute approximate surface area is 207 Å². The van der Waals surface area contributed by atoms with Crippen LogP contribution in [-0.4, -0.2) is 15.5 Å². The zero-order valence-corrected chi connectivity index (χ0v) is 19.0. The molecule has 0 fully saturated rings. The molecular formula is C27H18F6N2O2. The Kier molecular flexibility index (Phi) is 7.76. The molecule has 0 aliphatic rings. The maximum Gasteiger partial charge on any atom is 0.344 e. The molecular weight excluding hydrogens is 498 g/mol. The molecule has 0 saturated carbocycles. The lowest BCUT2D eigenvalue weighted by atomic mass is 9.97. The van der Waals surface area contributed by atoms with E-state index in [0.29, 0.717) is 24.1 Å². The highest BCUT2D eigenvalue weighted by Crippen LogP contribution is 2.30. The summed E-state index contributed by atoms with van der Waals surface area (Å²) in [7, 11) is 0. The predicted octanol–water partition coefficient (Wildman–Crippen LogP) is 6.44. The zero-order valence-electron chi connectivity index (χ0n) is 19.0. The van der Waals surface area contributed by atoms with Gasteiger partial charge < -0.3 is 9.30 Å². The second-order valence-corrected chi connectivity index (χ2v) is 7.99. The van der Waals surface area contributed by atoms with Crippen LogP contribution < -0.4 is 4.74 Å². The first-order chi connectivity index (χ1) is 17.7. The van der Waals surface area contributed by atoms with Gasteiger partial charge >= 0.3 is 5.97 Å². The third-order valence-corrected chi connectivity index (χ3v) is 5.50. The first-order valence-electron chi connectivity index (χ1n) is 11.0.